The number of nitrogens with zero attached hydrogens (tertiary/aromatic N) is 3. The molecule has 0 aliphatic rings. The van der Waals surface area contributed by atoms with E-state index in [0.29, 0.717) is 6.61 Å². The largest absolute Gasteiger partial charge is 0.356 e. The highest BCUT2D eigenvalue weighted by atomic mass is 79.9. The first kappa shape index (κ1) is 20.3. The van der Waals surface area contributed by atoms with Crippen LogP contribution in [-0.2, 0) is 24.6 Å². The Labute approximate surface area is 181 Å². The van der Waals surface area contributed by atoms with E-state index in [1.54, 1.807) is 0 Å². The van der Waals surface area contributed by atoms with E-state index in [2.05, 4.69) is 27.1 Å². The van der Waals surface area contributed by atoms with Crippen LogP contribution in [0.3, 0.4) is 0 Å². The average molecular weight is 466 g/mol. The molecule has 0 N–H and O–H groups in total. The second kappa shape index (κ2) is 8.77. The molecule has 0 bridgehead atoms. The number of hydrogen-bond donors (Lipinski definition) is 0. The third kappa shape index (κ3) is 4.13. The molecule has 30 heavy (non-hydrogen) atoms. The second-order valence-corrected chi connectivity index (χ2v) is 7.76. The summed E-state index contributed by atoms with van der Waals surface area (Å²) in [7, 11) is 0. The lowest BCUT2D eigenvalue weighted by molar-refractivity contribution is 0.0569. The fourth-order valence-corrected chi connectivity index (χ4v) is 3.79. The van der Waals surface area contributed by atoms with Crippen molar-refractivity contribution < 1.29 is 4.74 Å². The first-order valence-electron chi connectivity index (χ1n) is 9.51. The molecule has 0 radical (unpaired) electrons. The minimum atomic E-state index is -0.515. The molecule has 0 atom stereocenters. The van der Waals surface area contributed by atoms with E-state index in [1.165, 1.54) is 4.68 Å². The number of aryl methyl sites for hydroxylation is 1. The summed E-state index contributed by atoms with van der Waals surface area (Å²) in [6.45, 7) is 2.40. The fraction of sp³-hybridized carbons (Fsp3) is 0.174. The summed E-state index contributed by atoms with van der Waals surface area (Å²) in [6.07, 6.45) is 0. The fourth-order valence-electron chi connectivity index (χ4n) is 3.38. The van der Waals surface area contributed by atoms with E-state index in [-0.39, 0.29) is 17.9 Å². The van der Waals surface area contributed by atoms with Crippen molar-refractivity contribution in [3.05, 3.63) is 109 Å². The quantitative estimate of drug-likeness (QED) is 0.433. The van der Waals surface area contributed by atoms with Crippen molar-refractivity contribution in [3.8, 4) is 0 Å². The number of fused-ring (bicyclic) bond motifs is 1. The average Bonchev–Trinajstić information content (AvgIpc) is 2.77. The monoisotopic (exact) mass is 465 g/mol. The Bertz CT molecular complexity index is 1310. The maximum Gasteiger partial charge on any atom is 0.349 e. The van der Waals surface area contributed by atoms with Crippen molar-refractivity contribution in [1.29, 1.82) is 0 Å². The lowest BCUT2D eigenvalue weighted by Gasteiger charge is -2.14. The third-order valence-corrected chi connectivity index (χ3v) is 5.49. The second-order valence-electron chi connectivity index (χ2n) is 7.01. The molecule has 0 aliphatic heterocycles. The van der Waals surface area contributed by atoms with E-state index >= 15 is 0 Å². The van der Waals surface area contributed by atoms with Crippen LogP contribution in [0.1, 0.15) is 16.7 Å². The Morgan fingerprint density at radius 1 is 0.967 bits per heavy atom. The molecule has 0 saturated heterocycles. The lowest BCUT2D eigenvalue weighted by Crippen LogP contribution is -2.42. The molecule has 0 unspecified atom stereocenters. The topological polar surface area (TPSA) is 66.1 Å². The van der Waals surface area contributed by atoms with Crippen molar-refractivity contribution in [2.45, 2.75) is 26.8 Å². The van der Waals surface area contributed by atoms with Crippen molar-refractivity contribution >= 4 is 26.7 Å². The third-order valence-electron chi connectivity index (χ3n) is 5.00. The SMILES string of the molecule is Cc1ccc2ccccc2c1Cn1nc(Br)c(=O)n(COCc2ccccc2)c1=O. The van der Waals surface area contributed by atoms with Crippen LogP contribution < -0.4 is 11.2 Å². The zero-order chi connectivity index (χ0) is 21.1. The first-order valence-corrected chi connectivity index (χ1v) is 10.3. The van der Waals surface area contributed by atoms with Gasteiger partial charge in [-0.3, -0.25) is 4.79 Å². The lowest BCUT2D eigenvalue weighted by atomic mass is 10.00. The molecule has 0 amide bonds. The molecule has 152 valence electrons. The van der Waals surface area contributed by atoms with Gasteiger partial charge in [0.15, 0.2) is 4.60 Å². The van der Waals surface area contributed by atoms with Crippen molar-refractivity contribution in [3.63, 3.8) is 0 Å². The smallest absolute Gasteiger partial charge is 0.349 e. The van der Waals surface area contributed by atoms with Crippen LogP contribution in [0.15, 0.2) is 80.9 Å². The van der Waals surface area contributed by atoms with Gasteiger partial charge in [-0.1, -0.05) is 66.7 Å². The van der Waals surface area contributed by atoms with E-state index in [1.807, 2.05) is 67.6 Å². The molecule has 1 heterocycles. The zero-order valence-electron chi connectivity index (χ0n) is 16.4. The summed E-state index contributed by atoms with van der Waals surface area (Å²) in [4.78, 5) is 25.5. The number of aromatic nitrogens is 3. The highest BCUT2D eigenvalue weighted by molar-refractivity contribution is 9.10. The molecule has 6 nitrogen and oxygen atoms in total. The van der Waals surface area contributed by atoms with Gasteiger partial charge in [-0.15, -0.1) is 0 Å². The van der Waals surface area contributed by atoms with E-state index in [0.717, 1.165) is 32.0 Å². The molecule has 0 spiro atoms. The molecule has 3 aromatic carbocycles. The highest BCUT2D eigenvalue weighted by Gasteiger charge is 2.14. The Morgan fingerprint density at radius 3 is 2.50 bits per heavy atom. The number of rotatable bonds is 6. The van der Waals surface area contributed by atoms with Crippen LogP contribution in [0.2, 0.25) is 0 Å². The Hall–Kier alpha value is -3.03. The van der Waals surface area contributed by atoms with E-state index in [4.69, 9.17) is 4.74 Å². The van der Waals surface area contributed by atoms with E-state index < -0.39 is 11.2 Å². The molecule has 1 aromatic heterocycles. The van der Waals surface area contributed by atoms with Gasteiger partial charge >= 0.3 is 5.69 Å². The maximum absolute atomic E-state index is 13.0. The molecule has 7 heteroatoms. The van der Waals surface area contributed by atoms with Gasteiger partial charge in [-0.25, -0.2) is 14.0 Å². The molecule has 0 aliphatic carbocycles. The summed E-state index contributed by atoms with van der Waals surface area (Å²) >= 11 is 3.19. The number of ether oxygens (including phenoxy) is 1. The Balaban J connectivity index is 1.66. The van der Waals surface area contributed by atoms with Gasteiger partial charge in [0.05, 0.1) is 13.2 Å². The number of benzene rings is 3. The minimum Gasteiger partial charge on any atom is -0.356 e. The van der Waals surface area contributed by atoms with Crippen molar-refractivity contribution in [2.24, 2.45) is 0 Å². The minimum absolute atomic E-state index is 0.0725. The van der Waals surface area contributed by atoms with Crippen molar-refractivity contribution in [2.75, 3.05) is 0 Å². The van der Waals surface area contributed by atoms with Gasteiger partial charge in [0.1, 0.15) is 6.73 Å². The van der Waals surface area contributed by atoms with E-state index in [9.17, 15) is 9.59 Å². The predicted molar refractivity (Wildman–Crippen MR) is 119 cm³/mol. The standard InChI is InChI=1S/C23H20BrN3O3/c1-16-11-12-18-9-5-6-10-19(18)20(16)13-27-23(29)26(22(28)21(24)25-27)15-30-14-17-7-3-2-4-8-17/h2-12H,13-15H2,1H3. The number of hydrogen-bond acceptors (Lipinski definition) is 4. The van der Waals surface area contributed by atoms with Crippen LogP contribution in [0.25, 0.3) is 10.8 Å². The van der Waals surface area contributed by atoms with Crippen LogP contribution in [0, 0.1) is 6.92 Å². The maximum atomic E-state index is 13.0. The first-order chi connectivity index (χ1) is 14.5. The van der Waals surface area contributed by atoms with Gasteiger partial charge in [-0.05, 0) is 50.3 Å². The van der Waals surface area contributed by atoms with Crippen molar-refractivity contribution in [1.82, 2.24) is 14.3 Å². The summed E-state index contributed by atoms with van der Waals surface area (Å²) in [5.41, 5.74) is 1.98. The zero-order valence-corrected chi connectivity index (χ0v) is 18.0. The summed E-state index contributed by atoms with van der Waals surface area (Å²) in [6, 6.07) is 21.7. The van der Waals surface area contributed by atoms with Gasteiger partial charge in [0.2, 0.25) is 0 Å². The molecular weight excluding hydrogens is 446 g/mol. The normalized spacial score (nSPS) is 11.1. The summed E-state index contributed by atoms with van der Waals surface area (Å²) < 4.78 is 8.05. The van der Waals surface area contributed by atoms with Crippen LogP contribution in [0.5, 0.6) is 0 Å². The predicted octanol–water partition coefficient (Wildman–Crippen LogP) is 3.85. The molecule has 0 saturated carbocycles. The number of halogens is 1. The Morgan fingerprint density at radius 2 is 1.70 bits per heavy atom. The highest BCUT2D eigenvalue weighted by Crippen LogP contribution is 2.22. The van der Waals surface area contributed by atoms with Crippen LogP contribution in [0.4, 0.5) is 0 Å². The molecule has 4 aromatic rings. The molecule has 0 fully saturated rings. The van der Waals surface area contributed by atoms with Gasteiger partial charge in [0, 0.05) is 0 Å². The molecule has 4 rings (SSSR count). The van der Waals surface area contributed by atoms with Gasteiger partial charge < -0.3 is 4.74 Å². The van der Waals surface area contributed by atoms with Gasteiger partial charge in [0.25, 0.3) is 5.56 Å². The summed E-state index contributed by atoms with van der Waals surface area (Å²) in [5.74, 6) is 0. The summed E-state index contributed by atoms with van der Waals surface area (Å²) in [5, 5.41) is 6.32. The van der Waals surface area contributed by atoms with Crippen LogP contribution in [-0.4, -0.2) is 14.3 Å². The Kier molecular flexibility index (Phi) is 5.92. The van der Waals surface area contributed by atoms with Gasteiger partial charge in [-0.2, -0.15) is 5.10 Å². The molecular formula is C23H20BrN3O3. The van der Waals surface area contributed by atoms with Crippen LogP contribution >= 0.6 is 15.9 Å².